The van der Waals surface area contributed by atoms with Gasteiger partial charge >= 0.3 is 0 Å². The Labute approximate surface area is 111 Å². The molecule has 0 radical (unpaired) electrons. The van der Waals surface area contributed by atoms with Gasteiger partial charge in [0.2, 0.25) is 0 Å². The van der Waals surface area contributed by atoms with Gasteiger partial charge in [0.1, 0.15) is 0 Å². The van der Waals surface area contributed by atoms with Gasteiger partial charge in [0.25, 0.3) is 0 Å². The Kier molecular flexibility index (Phi) is 4.79. The lowest BCUT2D eigenvalue weighted by Crippen LogP contribution is -2.24. The minimum atomic E-state index is 0.321. The monoisotopic (exact) mass is 247 g/mol. The fraction of sp³-hybridized carbons (Fsp3) is 0.625. The normalized spacial score (nSPS) is 16.0. The molecule has 0 saturated carbocycles. The van der Waals surface area contributed by atoms with E-state index in [1.54, 1.807) is 11.1 Å². The molecule has 1 unspecified atom stereocenters. The summed E-state index contributed by atoms with van der Waals surface area (Å²) in [5.41, 5.74) is 4.51. The molecule has 0 spiro atoms. The van der Waals surface area contributed by atoms with Crippen LogP contribution in [0.3, 0.4) is 0 Å². The summed E-state index contributed by atoms with van der Waals surface area (Å²) in [7, 11) is 0. The number of aryl methyl sites for hydroxylation is 2. The smallest absolute Gasteiger partial charge is 0.0594 e. The largest absolute Gasteiger partial charge is 0.377 e. The molecule has 1 aliphatic rings. The number of nitrogens with one attached hydrogen (secondary N) is 1. The van der Waals surface area contributed by atoms with Crippen LogP contribution in [0.4, 0.5) is 0 Å². The maximum absolute atomic E-state index is 5.54. The Morgan fingerprint density at radius 2 is 1.94 bits per heavy atom. The predicted molar refractivity (Wildman–Crippen MR) is 76.0 cm³/mol. The van der Waals surface area contributed by atoms with Gasteiger partial charge in [-0.05, 0) is 56.7 Å². The number of hydrogen-bond acceptors (Lipinski definition) is 2. The van der Waals surface area contributed by atoms with E-state index in [-0.39, 0.29) is 0 Å². The van der Waals surface area contributed by atoms with Gasteiger partial charge in [0.05, 0.1) is 12.7 Å². The highest BCUT2D eigenvalue weighted by molar-refractivity contribution is 5.36. The molecule has 0 fully saturated rings. The van der Waals surface area contributed by atoms with Crippen molar-refractivity contribution in [2.24, 2.45) is 0 Å². The lowest BCUT2D eigenvalue weighted by molar-refractivity contribution is 0.0796. The van der Waals surface area contributed by atoms with E-state index < -0.39 is 0 Å². The van der Waals surface area contributed by atoms with Crippen molar-refractivity contribution in [3.8, 4) is 0 Å². The molecule has 2 rings (SSSR count). The quantitative estimate of drug-likeness (QED) is 0.779. The van der Waals surface area contributed by atoms with Crippen molar-refractivity contribution in [3.63, 3.8) is 0 Å². The molecule has 0 bridgehead atoms. The fourth-order valence-corrected chi connectivity index (χ4v) is 2.55. The van der Waals surface area contributed by atoms with Crippen LogP contribution in [0.5, 0.6) is 0 Å². The molecule has 0 saturated heterocycles. The van der Waals surface area contributed by atoms with E-state index in [1.165, 1.54) is 24.8 Å². The minimum absolute atomic E-state index is 0.321. The molecular weight excluding hydrogens is 222 g/mol. The average molecular weight is 247 g/mol. The summed E-state index contributed by atoms with van der Waals surface area (Å²) in [6.45, 7) is 8.07. The Hall–Kier alpha value is -0.860. The molecule has 1 aromatic carbocycles. The zero-order valence-electron chi connectivity index (χ0n) is 11.8. The molecule has 2 nitrogen and oxygen atoms in total. The van der Waals surface area contributed by atoms with Crippen LogP contribution < -0.4 is 5.32 Å². The van der Waals surface area contributed by atoms with Crippen LogP contribution in [-0.2, 0) is 17.6 Å². The van der Waals surface area contributed by atoms with E-state index in [9.17, 15) is 0 Å². The average Bonchev–Trinajstić information content (AvgIpc) is 2.81. The minimum Gasteiger partial charge on any atom is -0.377 e. The molecule has 1 aromatic rings. The Morgan fingerprint density at radius 1 is 1.17 bits per heavy atom. The summed E-state index contributed by atoms with van der Waals surface area (Å²) in [6, 6.07) is 7.36. The maximum Gasteiger partial charge on any atom is 0.0594 e. The zero-order chi connectivity index (χ0) is 13.0. The van der Waals surface area contributed by atoms with Crippen LogP contribution in [0, 0.1) is 0 Å². The summed E-state index contributed by atoms with van der Waals surface area (Å²) in [6.07, 6.45) is 4.16. The zero-order valence-corrected chi connectivity index (χ0v) is 11.8. The molecule has 0 amide bonds. The van der Waals surface area contributed by atoms with Crippen molar-refractivity contribution >= 4 is 0 Å². The molecule has 2 heteroatoms. The van der Waals surface area contributed by atoms with E-state index in [2.05, 4.69) is 44.3 Å². The summed E-state index contributed by atoms with van der Waals surface area (Å²) >= 11 is 0. The van der Waals surface area contributed by atoms with E-state index in [4.69, 9.17) is 4.74 Å². The summed E-state index contributed by atoms with van der Waals surface area (Å²) in [4.78, 5) is 0. The van der Waals surface area contributed by atoms with Gasteiger partial charge in [0.15, 0.2) is 0 Å². The first-order chi connectivity index (χ1) is 8.66. The van der Waals surface area contributed by atoms with Crippen LogP contribution in [0.25, 0.3) is 0 Å². The molecule has 1 aliphatic carbocycles. The number of rotatable bonds is 6. The summed E-state index contributed by atoms with van der Waals surface area (Å²) in [5.74, 6) is 0. The van der Waals surface area contributed by atoms with E-state index in [0.29, 0.717) is 12.1 Å². The molecule has 0 aromatic heterocycles. The number of hydrogen-bond donors (Lipinski definition) is 1. The Balaban J connectivity index is 1.83. The second kappa shape index (κ2) is 6.35. The second-order valence-electron chi connectivity index (χ2n) is 5.48. The van der Waals surface area contributed by atoms with Crippen LogP contribution >= 0.6 is 0 Å². The van der Waals surface area contributed by atoms with Gasteiger partial charge in [-0.3, -0.25) is 0 Å². The van der Waals surface area contributed by atoms with E-state index in [0.717, 1.165) is 13.2 Å². The summed E-state index contributed by atoms with van der Waals surface area (Å²) in [5, 5.41) is 3.52. The van der Waals surface area contributed by atoms with Crippen molar-refractivity contribution in [3.05, 3.63) is 34.9 Å². The third-order valence-corrected chi connectivity index (χ3v) is 3.63. The molecule has 0 aliphatic heterocycles. The maximum atomic E-state index is 5.54. The molecule has 0 heterocycles. The molecule has 18 heavy (non-hydrogen) atoms. The highest BCUT2D eigenvalue weighted by Crippen LogP contribution is 2.25. The Bertz CT molecular complexity index is 387. The first-order valence-electron chi connectivity index (χ1n) is 7.13. The summed E-state index contributed by atoms with van der Waals surface area (Å²) < 4.78 is 5.54. The van der Waals surface area contributed by atoms with Crippen molar-refractivity contribution < 1.29 is 4.74 Å². The Morgan fingerprint density at radius 3 is 2.72 bits per heavy atom. The second-order valence-corrected chi connectivity index (χ2v) is 5.48. The molecule has 1 N–H and O–H groups in total. The van der Waals surface area contributed by atoms with Gasteiger partial charge in [-0.15, -0.1) is 0 Å². The van der Waals surface area contributed by atoms with Gasteiger partial charge in [-0.25, -0.2) is 0 Å². The highest BCUT2D eigenvalue weighted by Gasteiger charge is 2.13. The van der Waals surface area contributed by atoms with Gasteiger partial charge in [-0.1, -0.05) is 18.2 Å². The topological polar surface area (TPSA) is 21.3 Å². The van der Waals surface area contributed by atoms with Crippen LogP contribution in [0.15, 0.2) is 18.2 Å². The van der Waals surface area contributed by atoms with Crippen LogP contribution in [0.1, 0.15) is 49.9 Å². The standard InChI is InChI=1S/C16H25NO/c1-12(2)18-10-9-17-13(3)15-8-7-14-5-4-6-16(14)11-15/h7-8,11-13,17H,4-6,9-10H2,1-3H3. The SMILES string of the molecule is CC(C)OCCNC(C)c1ccc2c(c1)CCC2. The molecule has 100 valence electrons. The highest BCUT2D eigenvalue weighted by atomic mass is 16.5. The van der Waals surface area contributed by atoms with Crippen molar-refractivity contribution in [2.45, 2.75) is 52.2 Å². The molecule has 1 atom stereocenters. The first kappa shape index (κ1) is 13.6. The van der Waals surface area contributed by atoms with Crippen LogP contribution in [-0.4, -0.2) is 19.3 Å². The number of fused-ring (bicyclic) bond motifs is 1. The van der Waals surface area contributed by atoms with Crippen molar-refractivity contribution in [1.29, 1.82) is 0 Å². The third-order valence-electron chi connectivity index (χ3n) is 3.63. The number of benzene rings is 1. The number of ether oxygens (including phenoxy) is 1. The first-order valence-corrected chi connectivity index (χ1v) is 7.13. The van der Waals surface area contributed by atoms with E-state index in [1.807, 2.05) is 0 Å². The predicted octanol–water partition coefficient (Wildman–Crippen LogP) is 3.25. The molecular formula is C16H25NO. The van der Waals surface area contributed by atoms with Gasteiger partial charge < -0.3 is 10.1 Å². The van der Waals surface area contributed by atoms with Crippen molar-refractivity contribution in [1.82, 2.24) is 5.32 Å². The lowest BCUT2D eigenvalue weighted by atomic mass is 10.0. The van der Waals surface area contributed by atoms with E-state index >= 15 is 0 Å². The lowest BCUT2D eigenvalue weighted by Gasteiger charge is -2.16. The third kappa shape index (κ3) is 3.56. The van der Waals surface area contributed by atoms with Gasteiger partial charge in [0, 0.05) is 12.6 Å². The fourth-order valence-electron chi connectivity index (χ4n) is 2.55. The van der Waals surface area contributed by atoms with Crippen LogP contribution in [0.2, 0.25) is 0 Å². The van der Waals surface area contributed by atoms with Gasteiger partial charge in [-0.2, -0.15) is 0 Å². The van der Waals surface area contributed by atoms with Crippen molar-refractivity contribution in [2.75, 3.05) is 13.2 Å².